The number of carbonyl (C=O) groups excluding carboxylic acids is 1. The van der Waals surface area contributed by atoms with Crippen LogP contribution in [-0.2, 0) is 0 Å². The number of nitro benzene ring substituents is 1. The topological polar surface area (TPSA) is 123 Å². The molecule has 2 N–H and O–H groups in total. The molecule has 1 aromatic heterocycles. The fraction of sp³-hybridized carbons (Fsp3) is 0. The summed E-state index contributed by atoms with van der Waals surface area (Å²) in [7, 11) is 0. The third kappa shape index (κ3) is 3.21. The molecule has 9 heteroatoms. The molecule has 2 rings (SSSR count). The van der Waals surface area contributed by atoms with Crippen molar-refractivity contribution < 1.29 is 28.4 Å². The van der Waals surface area contributed by atoms with Gasteiger partial charge in [-0.25, -0.2) is 9.18 Å². The third-order valence-corrected chi connectivity index (χ3v) is 2.42. The molecule has 0 aliphatic heterocycles. The molecule has 0 fully saturated rings. The van der Waals surface area contributed by atoms with Crippen molar-refractivity contribution in [1.29, 1.82) is 0 Å². The number of hydrogen-bond donors (Lipinski definition) is 2. The number of non-ortho nitro benzene ring substituents is 1. The van der Waals surface area contributed by atoms with Gasteiger partial charge in [0.15, 0.2) is 5.76 Å². The van der Waals surface area contributed by atoms with Gasteiger partial charge in [-0.15, -0.1) is 0 Å². The number of benzene rings is 1. The molecule has 108 valence electrons. The SMILES string of the molecule is O=C(O)c1coc(C(=O)Nc2cc(F)cc([N+](=O)[O-])c2)c1. The number of carboxylic acids is 1. The summed E-state index contributed by atoms with van der Waals surface area (Å²) in [5.41, 5.74) is -0.915. The van der Waals surface area contributed by atoms with Crippen molar-refractivity contribution in [3.63, 3.8) is 0 Å². The maximum Gasteiger partial charge on any atom is 0.338 e. The van der Waals surface area contributed by atoms with Gasteiger partial charge in [0.05, 0.1) is 22.2 Å². The molecule has 1 amide bonds. The Morgan fingerprint density at radius 2 is 2.00 bits per heavy atom. The zero-order valence-corrected chi connectivity index (χ0v) is 10.2. The highest BCUT2D eigenvalue weighted by Gasteiger charge is 2.17. The number of amides is 1. The highest BCUT2D eigenvalue weighted by atomic mass is 19.1. The van der Waals surface area contributed by atoms with Crippen molar-refractivity contribution in [1.82, 2.24) is 0 Å². The summed E-state index contributed by atoms with van der Waals surface area (Å²) in [6.07, 6.45) is 0.866. The Morgan fingerprint density at radius 1 is 1.29 bits per heavy atom. The molecule has 2 aromatic rings. The van der Waals surface area contributed by atoms with Gasteiger partial charge < -0.3 is 14.8 Å². The van der Waals surface area contributed by atoms with Crippen LogP contribution in [0.3, 0.4) is 0 Å². The van der Waals surface area contributed by atoms with Crippen LogP contribution in [0.2, 0.25) is 0 Å². The van der Waals surface area contributed by atoms with Gasteiger partial charge >= 0.3 is 5.97 Å². The van der Waals surface area contributed by atoms with E-state index in [-0.39, 0.29) is 17.0 Å². The molecule has 0 saturated carbocycles. The van der Waals surface area contributed by atoms with Gasteiger partial charge in [-0.3, -0.25) is 14.9 Å². The van der Waals surface area contributed by atoms with Crippen LogP contribution in [0.15, 0.2) is 34.9 Å². The van der Waals surface area contributed by atoms with E-state index in [4.69, 9.17) is 9.52 Å². The predicted octanol–water partition coefficient (Wildman–Crippen LogP) is 2.28. The summed E-state index contributed by atoms with van der Waals surface area (Å²) >= 11 is 0. The second kappa shape index (κ2) is 5.41. The highest BCUT2D eigenvalue weighted by Crippen LogP contribution is 2.21. The smallest absolute Gasteiger partial charge is 0.338 e. The molecular formula is C12H7FN2O6. The number of aromatic carboxylic acids is 1. The first-order chi connectivity index (χ1) is 9.86. The quantitative estimate of drug-likeness (QED) is 0.658. The lowest BCUT2D eigenvalue weighted by Crippen LogP contribution is -2.11. The standard InChI is InChI=1S/C12H7FN2O6/c13-7-2-8(4-9(3-7)15(19)20)14-11(16)10-1-6(5-21-10)12(17)18/h1-5H,(H,14,16)(H,17,18). The van der Waals surface area contributed by atoms with E-state index in [2.05, 4.69) is 5.32 Å². The zero-order valence-electron chi connectivity index (χ0n) is 10.2. The van der Waals surface area contributed by atoms with Crippen molar-refractivity contribution in [3.8, 4) is 0 Å². The van der Waals surface area contributed by atoms with E-state index in [1.807, 2.05) is 0 Å². The molecule has 21 heavy (non-hydrogen) atoms. The van der Waals surface area contributed by atoms with E-state index >= 15 is 0 Å². The minimum absolute atomic E-state index is 0.153. The number of nitro groups is 1. The maximum atomic E-state index is 13.2. The van der Waals surface area contributed by atoms with Crippen LogP contribution < -0.4 is 5.32 Å². The van der Waals surface area contributed by atoms with Gasteiger partial charge in [0.25, 0.3) is 11.6 Å². The Kier molecular flexibility index (Phi) is 3.65. The maximum absolute atomic E-state index is 13.2. The van der Waals surface area contributed by atoms with Crippen LogP contribution in [0.5, 0.6) is 0 Å². The second-order valence-corrected chi connectivity index (χ2v) is 3.91. The highest BCUT2D eigenvalue weighted by molar-refractivity contribution is 6.03. The van der Waals surface area contributed by atoms with Crippen LogP contribution >= 0.6 is 0 Å². The molecule has 0 bridgehead atoms. The van der Waals surface area contributed by atoms with Gasteiger partial charge in [0, 0.05) is 12.1 Å². The van der Waals surface area contributed by atoms with Crippen LogP contribution in [0.4, 0.5) is 15.8 Å². The lowest BCUT2D eigenvalue weighted by atomic mass is 10.2. The second-order valence-electron chi connectivity index (χ2n) is 3.91. The predicted molar refractivity (Wildman–Crippen MR) is 66.7 cm³/mol. The van der Waals surface area contributed by atoms with Crippen molar-refractivity contribution in [2.24, 2.45) is 0 Å². The molecule has 0 aliphatic carbocycles. The van der Waals surface area contributed by atoms with E-state index in [0.717, 1.165) is 24.5 Å². The first-order valence-electron chi connectivity index (χ1n) is 5.45. The minimum Gasteiger partial charge on any atom is -0.478 e. The molecule has 0 spiro atoms. The summed E-state index contributed by atoms with van der Waals surface area (Å²) < 4.78 is 17.9. The Bertz CT molecular complexity index is 739. The van der Waals surface area contributed by atoms with E-state index in [1.165, 1.54) is 0 Å². The van der Waals surface area contributed by atoms with Crippen molar-refractivity contribution in [2.75, 3.05) is 5.32 Å². The number of nitrogens with one attached hydrogen (secondary N) is 1. The van der Waals surface area contributed by atoms with Gasteiger partial charge in [-0.05, 0) is 6.07 Å². The van der Waals surface area contributed by atoms with Crippen molar-refractivity contribution in [3.05, 3.63) is 57.8 Å². The average molecular weight is 294 g/mol. The Labute approximate surface area is 115 Å². The van der Waals surface area contributed by atoms with Crippen LogP contribution in [0.25, 0.3) is 0 Å². The number of rotatable bonds is 4. The zero-order chi connectivity index (χ0) is 15.6. The van der Waals surface area contributed by atoms with E-state index in [9.17, 15) is 24.1 Å². The van der Waals surface area contributed by atoms with Gasteiger partial charge in [-0.1, -0.05) is 0 Å². The molecular weight excluding hydrogens is 287 g/mol. The number of hydrogen-bond acceptors (Lipinski definition) is 5. The molecule has 0 saturated heterocycles. The minimum atomic E-state index is -1.28. The fourth-order valence-corrected chi connectivity index (χ4v) is 1.51. The fourth-order valence-electron chi connectivity index (χ4n) is 1.51. The van der Waals surface area contributed by atoms with Gasteiger partial charge in [-0.2, -0.15) is 0 Å². The van der Waals surface area contributed by atoms with E-state index < -0.39 is 28.3 Å². The number of carboxylic acid groups (broad SMARTS) is 1. The average Bonchev–Trinajstić information content (AvgIpc) is 2.87. The lowest BCUT2D eigenvalue weighted by Gasteiger charge is -2.03. The summed E-state index contributed by atoms with van der Waals surface area (Å²) in [6.45, 7) is 0. The summed E-state index contributed by atoms with van der Waals surface area (Å²) in [4.78, 5) is 32.2. The monoisotopic (exact) mass is 294 g/mol. The van der Waals surface area contributed by atoms with Crippen LogP contribution in [0.1, 0.15) is 20.9 Å². The summed E-state index contributed by atoms with van der Waals surface area (Å²) in [5.74, 6) is -3.36. The van der Waals surface area contributed by atoms with Gasteiger partial charge in [0.1, 0.15) is 12.1 Å². The number of nitrogens with zero attached hydrogens (tertiary/aromatic N) is 1. The normalized spacial score (nSPS) is 10.1. The summed E-state index contributed by atoms with van der Waals surface area (Å²) in [6, 6.07) is 3.52. The molecule has 0 unspecified atom stereocenters. The Hall–Kier alpha value is -3.23. The molecule has 1 aromatic carbocycles. The molecule has 0 radical (unpaired) electrons. The number of furan rings is 1. The Balaban J connectivity index is 2.22. The van der Waals surface area contributed by atoms with E-state index in [0.29, 0.717) is 6.07 Å². The van der Waals surface area contributed by atoms with Crippen LogP contribution in [0, 0.1) is 15.9 Å². The number of anilines is 1. The molecule has 8 nitrogen and oxygen atoms in total. The van der Waals surface area contributed by atoms with Gasteiger partial charge in [0.2, 0.25) is 0 Å². The third-order valence-electron chi connectivity index (χ3n) is 2.42. The Morgan fingerprint density at radius 3 is 2.57 bits per heavy atom. The molecule has 0 aliphatic rings. The lowest BCUT2D eigenvalue weighted by molar-refractivity contribution is -0.385. The first kappa shape index (κ1) is 14.2. The van der Waals surface area contributed by atoms with Crippen LogP contribution in [-0.4, -0.2) is 21.9 Å². The van der Waals surface area contributed by atoms with Crippen molar-refractivity contribution >= 4 is 23.3 Å². The van der Waals surface area contributed by atoms with E-state index in [1.54, 1.807) is 0 Å². The first-order valence-corrected chi connectivity index (χ1v) is 5.45. The molecule has 0 atom stereocenters. The largest absolute Gasteiger partial charge is 0.478 e. The number of carbonyl (C=O) groups is 2. The molecule has 1 heterocycles. The van der Waals surface area contributed by atoms with Crippen molar-refractivity contribution in [2.45, 2.75) is 0 Å². The summed E-state index contributed by atoms with van der Waals surface area (Å²) in [5, 5.41) is 21.4. The number of halogens is 1.